The number of rotatable bonds is 2. The third-order valence-corrected chi connectivity index (χ3v) is 3.11. The van der Waals surface area contributed by atoms with Crippen molar-refractivity contribution in [1.29, 1.82) is 0 Å². The quantitative estimate of drug-likeness (QED) is 0.853. The van der Waals surface area contributed by atoms with Gasteiger partial charge in [0.2, 0.25) is 0 Å². The summed E-state index contributed by atoms with van der Waals surface area (Å²) in [6.07, 6.45) is -5.20. The normalized spacial score (nSPS) is 15.9. The molecule has 0 aliphatic carbocycles. The number of nitrogens with zero attached hydrogens (tertiary/aromatic N) is 1. The van der Waals surface area contributed by atoms with Gasteiger partial charge in [0.25, 0.3) is 0 Å². The largest absolute Gasteiger partial charge is 0.444 e. The van der Waals surface area contributed by atoms with Crippen LogP contribution in [-0.4, -0.2) is 37.2 Å². The molecule has 8 heteroatoms. The molecule has 1 heterocycles. The maximum Gasteiger partial charge on any atom is 0.416 e. The second kappa shape index (κ2) is 6.30. The lowest BCUT2D eigenvalue weighted by atomic mass is 10.1. The SMILES string of the molecule is O=C(OCc1ccc(C(F)(F)F)cc1F)N1CCNCC1. The third-order valence-electron chi connectivity index (χ3n) is 3.11. The van der Waals surface area contributed by atoms with E-state index in [-0.39, 0.29) is 5.56 Å². The van der Waals surface area contributed by atoms with E-state index in [1.165, 1.54) is 4.90 Å². The third kappa shape index (κ3) is 4.07. The molecule has 0 bridgehead atoms. The number of carbonyl (C=O) groups is 1. The zero-order chi connectivity index (χ0) is 15.5. The van der Waals surface area contributed by atoms with Crippen LogP contribution in [0.5, 0.6) is 0 Å². The van der Waals surface area contributed by atoms with Crippen molar-refractivity contribution in [3.05, 3.63) is 35.1 Å². The molecule has 1 aliphatic heterocycles. The first-order chi connectivity index (χ1) is 9.88. The Morgan fingerprint density at radius 3 is 2.52 bits per heavy atom. The van der Waals surface area contributed by atoms with Crippen molar-refractivity contribution in [3.63, 3.8) is 0 Å². The number of benzene rings is 1. The van der Waals surface area contributed by atoms with E-state index in [9.17, 15) is 22.4 Å². The van der Waals surface area contributed by atoms with Crippen molar-refractivity contribution in [3.8, 4) is 0 Å². The summed E-state index contributed by atoms with van der Waals surface area (Å²) in [5.74, 6) is -1.04. The van der Waals surface area contributed by atoms with Gasteiger partial charge in [-0.1, -0.05) is 6.07 Å². The van der Waals surface area contributed by atoms with Crippen molar-refractivity contribution in [1.82, 2.24) is 10.2 Å². The molecule has 2 rings (SSSR count). The van der Waals surface area contributed by atoms with Gasteiger partial charge in [-0.25, -0.2) is 9.18 Å². The summed E-state index contributed by atoms with van der Waals surface area (Å²) in [4.78, 5) is 13.1. The van der Waals surface area contributed by atoms with Crippen molar-refractivity contribution in [2.75, 3.05) is 26.2 Å². The van der Waals surface area contributed by atoms with Crippen LogP contribution in [0, 0.1) is 5.82 Å². The van der Waals surface area contributed by atoms with Crippen LogP contribution in [0.2, 0.25) is 0 Å². The van der Waals surface area contributed by atoms with Gasteiger partial charge in [-0.15, -0.1) is 0 Å². The molecule has 1 amide bonds. The van der Waals surface area contributed by atoms with E-state index >= 15 is 0 Å². The molecule has 0 atom stereocenters. The van der Waals surface area contributed by atoms with E-state index < -0.39 is 30.3 Å². The van der Waals surface area contributed by atoms with Crippen molar-refractivity contribution in [2.24, 2.45) is 0 Å². The number of ether oxygens (including phenoxy) is 1. The number of carbonyl (C=O) groups excluding carboxylic acids is 1. The second-order valence-electron chi connectivity index (χ2n) is 4.60. The summed E-state index contributed by atoms with van der Waals surface area (Å²) < 4.78 is 55.6. The Bertz CT molecular complexity index is 513. The molecule has 0 saturated carbocycles. The number of nitrogens with one attached hydrogen (secondary N) is 1. The summed E-state index contributed by atoms with van der Waals surface area (Å²) in [5.41, 5.74) is -1.16. The average molecular weight is 306 g/mol. The predicted octanol–water partition coefficient (Wildman–Crippen LogP) is 2.39. The van der Waals surface area contributed by atoms with E-state index in [0.29, 0.717) is 32.2 Å². The summed E-state index contributed by atoms with van der Waals surface area (Å²) >= 11 is 0. The summed E-state index contributed by atoms with van der Waals surface area (Å²) in [6, 6.07) is 2.13. The van der Waals surface area contributed by atoms with Crippen molar-refractivity contribution < 1.29 is 27.1 Å². The van der Waals surface area contributed by atoms with Crippen LogP contribution in [0.1, 0.15) is 11.1 Å². The molecule has 1 aliphatic rings. The number of alkyl halides is 3. The highest BCUT2D eigenvalue weighted by molar-refractivity contribution is 5.67. The van der Waals surface area contributed by atoms with Gasteiger partial charge >= 0.3 is 12.3 Å². The molecule has 1 aromatic carbocycles. The summed E-state index contributed by atoms with van der Waals surface area (Å²) in [5, 5.41) is 3.06. The van der Waals surface area contributed by atoms with Crippen LogP contribution in [0.25, 0.3) is 0 Å². The molecule has 0 unspecified atom stereocenters. The van der Waals surface area contributed by atoms with Crippen LogP contribution in [0.3, 0.4) is 0 Å². The molecular weight excluding hydrogens is 292 g/mol. The van der Waals surface area contributed by atoms with Gasteiger partial charge < -0.3 is 15.0 Å². The van der Waals surface area contributed by atoms with E-state index in [4.69, 9.17) is 4.74 Å². The first-order valence-corrected chi connectivity index (χ1v) is 6.36. The fourth-order valence-electron chi connectivity index (χ4n) is 1.92. The number of hydrogen-bond acceptors (Lipinski definition) is 3. The lowest BCUT2D eigenvalue weighted by Gasteiger charge is -2.26. The molecular formula is C13H14F4N2O2. The van der Waals surface area contributed by atoms with Crippen molar-refractivity contribution >= 4 is 6.09 Å². The van der Waals surface area contributed by atoms with Crippen LogP contribution in [-0.2, 0) is 17.5 Å². The van der Waals surface area contributed by atoms with Gasteiger partial charge in [0.1, 0.15) is 12.4 Å². The van der Waals surface area contributed by atoms with E-state index in [1.807, 2.05) is 0 Å². The predicted molar refractivity (Wildman–Crippen MR) is 66.0 cm³/mol. The minimum absolute atomic E-state index is 0.0912. The molecule has 0 radical (unpaired) electrons. The molecule has 0 spiro atoms. The topological polar surface area (TPSA) is 41.6 Å². The first kappa shape index (κ1) is 15.6. The van der Waals surface area contributed by atoms with E-state index in [2.05, 4.69) is 5.32 Å². The summed E-state index contributed by atoms with van der Waals surface area (Å²) in [7, 11) is 0. The zero-order valence-corrected chi connectivity index (χ0v) is 11.0. The van der Waals surface area contributed by atoms with Crippen LogP contribution >= 0.6 is 0 Å². The monoisotopic (exact) mass is 306 g/mol. The van der Waals surface area contributed by atoms with Gasteiger partial charge in [0.05, 0.1) is 5.56 Å². The summed E-state index contributed by atoms with van der Waals surface area (Å²) in [6.45, 7) is 1.85. The minimum atomic E-state index is -4.60. The first-order valence-electron chi connectivity index (χ1n) is 6.36. The average Bonchev–Trinajstić information content (AvgIpc) is 2.45. The lowest BCUT2D eigenvalue weighted by molar-refractivity contribution is -0.137. The molecule has 1 aromatic rings. The minimum Gasteiger partial charge on any atom is -0.444 e. The fourth-order valence-corrected chi connectivity index (χ4v) is 1.92. The fraction of sp³-hybridized carbons (Fsp3) is 0.462. The van der Waals surface area contributed by atoms with E-state index in [1.54, 1.807) is 0 Å². The van der Waals surface area contributed by atoms with Gasteiger partial charge in [0.15, 0.2) is 0 Å². The van der Waals surface area contributed by atoms with Crippen molar-refractivity contribution in [2.45, 2.75) is 12.8 Å². The lowest BCUT2D eigenvalue weighted by Crippen LogP contribution is -2.46. The standard InChI is InChI=1S/C13H14F4N2O2/c14-11-7-10(13(15,16)17)2-1-9(11)8-21-12(20)19-5-3-18-4-6-19/h1-2,7,18H,3-6,8H2. The van der Waals surface area contributed by atoms with Crippen LogP contribution < -0.4 is 5.32 Å². The Morgan fingerprint density at radius 1 is 1.29 bits per heavy atom. The van der Waals surface area contributed by atoms with Gasteiger partial charge in [-0.05, 0) is 12.1 Å². The molecule has 21 heavy (non-hydrogen) atoms. The molecule has 1 saturated heterocycles. The number of amides is 1. The smallest absolute Gasteiger partial charge is 0.416 e. The zero-order valence-electron chi connectivity index (χ0n) is 11.0. The molecule has 116 valence electrons. The Hall–Kier alpha value is -1.83. The highest BCUT2D eigenvalue weighted by Crippen LogP contribution is 2.30. The van der Waals surface area contributed by atoms with Crippen LogP contribution in [0.15, 0.2) is 18.2 Å². The maximum atomic E-state index is 13.6. The Balaban J connectivity index is 1.95. The number of halogens is 4. The van der Waals surface area contributed by atoms with Gasteiger partial charge in [-0.2, -0.15) is 13.2 Å². The molecule has 1 fully saturated rings. The number of piperazine rings is 1. The highest BCUT2D eigenvalue weighted by atomic mass is 19.4. The second-order valence-corrected chi connectivity index (χ2v) is 4.60. The molecule has 1 N–H and O–H groups in total. The highest BCUT2D eigenvalue weighted by Gasteiger charge is 2.31. The Morgan fingerprint density at radius 2 is 1.95 bits per heavy atom. The Labute approximate surface area is 118 Å². The number of hydrogen-bond donors (Lipinski definition) is 1. The van der Waals surface area contributed by atoms with Gasteiger partial charge in [0, 0.05) is 31.7 Å². The van der Waals surface area contributed by atoms with Gasteiger partial charge in [-0.3, -0.25) is 0 Å². The molecule has 0 aromatic heterocycles. The maximum absolute atomic E-state index is 13.6. The molecule has 4 nitrogen and oxygen atoms in total. The van der Waals surface area contributed by atoms with E-state index in [0.717, 1.165) is 12.1 Å². The van der Waals surface area contributed by atoms with Crippen LogP contribution in [0.4, 0.5) is 22.4 Å². The Kier molecular flexibility index (Phi) is 4.66.